The highest BCUT2D eigenvalue weighted by Crippen LogP contribution is 2.05. The third-order valence-electron chi connectivity index (χ3n) is 1.99. The fraction of sp³-hybridized carbons (Fsp3) is 0.444. The highest BCUT2D eigenvalue weighted by atomic mass is 16.5. The lowest BCUT2D eigenvalue weighted by Gasteiger charge is -2.06. The molecule has 0 saturated carbocycles. The van der Waals surface area contributed by atoms with Crippen molar-refractivity contribution >= 4 is 11.9 Å². The molecule has 1 aromatic rings. The van der Waals surface area contributed by atoms with Crippen LogP contribution in [0.2, 0.25) is 0 Å². The van der Waals surface area contributed by atoms with E-state index in [2.05, 4.69) is 10.5 Å². The van der Waals surface area contributed by atoms with Crippen molar-refractivity contribution in [2.75, 3.05) is 6.54 Å². The number of carboxylic acid groups (broad SMARTS) is 1. The maximum atomic E-state index is 11.4. The second-order valence-corrected chi connectivity index (χ2v) is 3.24. The Hall–Kier alpha value is -1.85. The number of hydrogen-bond donors (Lipinski definition) is 2. The molecule has 6 nitrogen and oxygen atoms in total. The van der Waals surface area contributed by atoms with E-state index in [1.54, 1.807) is 6.92 Å². The molecule has 1 atom stereocenters. The number of aromatic nitrogens is 1. The number of rotatable bonds is 4. The SMILES string of the molecule is Cc1oncc1C(=O)NCC(C)C(=O)O. The fourth-order valence-corrected chi connectivity index (χ4v) is 0.945. The van der Waals surface area contributed by atoms with Crippen LogP contribution in [0, 0.1) is 12.8 Å². The van der Waals surface area contributed by atoms with E-state index >= 15 is 0 Å². The third-order valence-corrected chi connectivity index (χ3v) is 1.99. The van der Waals surface area contributed by atoms with E-state index in [9.17, 15) is 9.59 Å². The number of nitrogens with zero attached hydrogens (tertiary/aromatic N) is 1. The van der Waals surface area contributed by atoms with Gasteiger partial charge in [0, 0.05) is 6.54 Å². The van der Waals surface area contributed by atoms with E-state index in [4.69, 9.17) is 9.63 Å². The normalized spacial score (nSPS) is 12.1. The lowest BCUT2D eigenvalue weighted by atomic mass is 10.2. The van der Waals surface area contributed by atoms with Crippen molar-refractivity contribution in [2.24, 2.45) is 5.92 Å². The van der Waals surface area contributed by atoms with E-state index < -0.39 is 11.9 Å². The molecule has 1 rings (SSSR count). The van der Waals surface area contributed by atoms with Crippen LogP contribution in [0.5, 0.6) is 0 Å². The summed E-state index contributed by atoms with van der Waals surface area (Å²) in [5.41, 5.74) is 0.326. The summed E-state index contributed by atoms with van der Waals surface area (Å²) in [6, 6.07) is 0. The van der Waals surface area contributed by atoms with Gasteiger partial charge in [-0.15, -0.1) is 0 Å². The zero-order valence-electron chi connectivity index (χ0n) is 8.48. The molecule has 0 bridgehead atoms. The van der Waals surface area contributed by atoms with Crippen molar-refractivity contribution in [3.8, 4) is 0 Å². The molecule has 82 valence electrons. The van der Waals surface area contributed by atoms with Crippen LogP contribution >= 0.6 is 0 Å². The molecule has 1 aromatic heterocycles. The van der Waals surface area contributed by atoms with E-state index in [0.29, 0.717) is 11.3 Å². The summed E-state index contributed by atoms with van der Waals surface area (Å²) in [6.07, 6.45) is 1.30. The summed E-state index contributed by atoms with van der Waals surface area (Å²) in [5, 5.41) is 14.5. The van der Waals surface area contributed by atoms with Crippen molar-refractivity contribution in [3.63, 3.8) is 0 Å². The largest absolute Gasteiger partial charge is 0.481 e. The van der Waals surface area contributed by atoms with E-state index in [1.165, 1.54) is 13.1 Å². The van der Waals surface area contributed by atoms with Crippen molar-refractivity contribution in [1.82, 2.24) is 10.5 Å². The van der Waals surface area contributed by atoms with Crippen molar-refractivity contribution in [1.29, 1.82) is 0 Å². The second kappa shape index (κ2) is 4.59. The highest BCUT2D eigenvalue weighted by Gasteiger charge is 2.16. The molecule has 0 aliphatic rings. The summed E-state index contributed by atoms with van der Waals surface area (Å²) >= 11 is 0. The number of nitrogens with one attached hydrogen (secondary N) is 1. The number of carbonyl (C=O) groups excluding carboxylic acids is 1. The van der Waals surface area contributed by atoms with Gasteiger partial charge in [0.25, 0.3) is 5.91 Å². The molecule has 1 amide bonds. The Labute approximate surface area is 86.3 Å². The van der Waals surface area contributed by atoms with Gasteiger partial charge in [-0.3, -0.25) is 9.59 Å². The summed E-state index contributed by atoms with van der Waals surface area (Å²) in [5.74, 6) is -1.52. The molecule has 0 aliphatic heterocycles. The molecule has 0 fully saturated rings. The van der Waals surface area contributed by atoms with Crippen LogP contribution in [0.1, 0.15) is 23.0 Å². The molecule has 2 N–H and O–H groups in total. The third kappa shape index (κ3) is 2.80. The molecule has 0 aliphatic carbocycles. The minimum atomic E-state index is -0.947. The standard InChI is InChI=1S/C9H12N2O4/c1-5(9(13)14)3-10-8(12)7-4-11-15-6(7)2/h4-5H,3H2,1-2H3,(H,10,12)(H,13,14). The van der Waals surface area contributed by atoms with Gasteiger partial charge in [0.15, 0.2) is 0 Å². The molecule has 1 unspecified atom stereocenters. The number of aryl methyl sites for hydroxylation is 1. The summed E-state index contributed by atoms with van der Waals surface area (Å²) in [7, 11) is 0. The van der Waals surface area contributed by atoms with Gasteiger partial charge >= 0.3 is 5.97 Å². The van der Waals surface area contributed by atoms with Gasteiger partial charge in [0.2, 0.25) is 0 Å². The van der Waals surface area contributed by atoms with Crippen LogP contribution in [0.4, 0.5) is 0 Å². The molecule has 15 heavy (non-hydrogen) atoms. The molecule has 0 radical (unpaired) electrons. The van der Waals surface area contributed by atoms with Crippen molar-refractivity contribution < 1.29 is 19.2 Å². The second-order valence-electron chi connectivity index (χ2n) is 3.24. The quantitative estimate of drug-likeness (QED) is 0.755. The summed E-state index contributed by atoms with van der Waals surface area (Å²) in [6.45, 7) is 3.21. The molecule has 1 heterocycles. The van der Waals surface area contributed by atoms with Gasteiger partial charge < -0.3 is 14.9 Å². The number of amides is 1. The van der Waals surface area contributed by atoms with Gasteiger partial charge in [-0.2, -0.15) is 0 Å². The fourth-order valence-electron chi connectivity index (χ4n) is 0.945. The van der Waals surface area contributed by atoms with Gasteiger partial charge in [0.1, 0.15) is 11.3 Å². The molecular weight excluding hydrogens is 200 g/mol. The highest BCUT2D eigenvalue weighted by molar-refractivity contribution is 5.94. The zero-order valence-corrected chi connectivity index (χ0v) is 8.48. The molecule has 6 heteroatoms. The predicted octanol–water partition coefficient (Wildman–Crippen LogP) is 0.434. The van der Waals surface area contributed by atoms with Crippen LogP contribution in [-0.2, 0) is 4.79 Å². The van der Waals surface area contributed by atoms with Gasteiger partial charge in [0.05, 0.1) is 12.1 Å². The average Bonchev–Trinajstić information content (AvgIpc) is 2.60. The lowest BCUT2D eigenvalue weighted by Crippen LogP contribution is -2.31. The first kappa shape index (κ1) is 11.2. The topological polar surface area (TPSA) is 92.4 Å². The minimum Gasteiger partial charge on any atom is -0.481 e. The van der Waals surface area contributed by atoms with Gasteiger partial charge in [-0.25, -0.2) is 0 Å². The Morgan fingerprint density at radius 1 is 1.67 bits per heavy atom. The maximum Gasteiger partial charge on any atom is 0.308 e. The number of carboxylic acids is 1. The first-order valence-corrected chi connectivity index (χ1v) is 4.44. The van der Waals surface area contributed by atoms with Crippen LogP contribution < -0.4 is 5.32 Å². The average molecular weight is 212 g/mol. The Bertz CT molecular complexity index is 372. The lowest BCUT2D eigenvalue weighted by molar-refractivity contribution is -0.140. The molecule has 0 aromatic carbocycles. The molecular formula is C9H12N2O4. The number of aliphatic carboxylic acids is 1. The van der Waals surface area contributed by atoms with Crippen LogP contribution in [0.25, 0.3) is 0 Å². The van der Waals surface area contributed by atoms with Crippen LogP contribution in [-0.4, -0.2) is 28.7 Å². The Morgan fingerprint density at radius 3 is 2.80 bits per heavy atom. The van der Waals surface area contributed by atoms with E-state index in [0.717, 1.165) is 0 Å². The minimum absolute atomic E-state index is 0.0821. The first-order valence-electron chi connectivity index (χ1n) is 4.44. The van der Waals surface area contributed by atoms with E-state index in [1.807, 2.05) is 0 Å². The Balaban J connectivity index is 2.51. The summed E-state index contributed by atoms with van der Waals surface area (Å²) in [4.78, 5) is 21.9. The first-order chi connectivity index (χ1) is 7.02. The van der Waals surface area contributed by atoms with Crippen LogP contribution in [0.15, 0.2) is 10.7 Å². The molecule has 0 spiro atoms. The van der Waals surface area contributed by atoms with Gasteiger partial charge in [-0.1, -0.05) is 12.1 Å². The maximum absolute atomic E-state index is 11.4. The Morgan fingerprint density at radius 2 is 2.33 bits per heavy atom. The monoisotopic (exact) mass is 212 g/mol. The van der Waals surface area contributed by atoms with Gasteiger partial charge in [-0.05, 0) is 6.92 Å². The zero-order chi connectivity index (χ0) is 11.4. The summed E-state index contributed by atoms with van der Waals surface area (Å²) < 4.78 is 4.71. The predicted molar refractivity (Wildman–Crippen MR) is 50.4 cm³/mol. The van der Waals surface area contributed by atoms with Crippen molar-refractivity contribution in [3.05, 3.63) is 17.5 Å². The number of hydrogen-bond acceptors (Lipinski definition) is 4. The smallest absolute Gasteiger partial charge is 0.308 e. The molecule has 0 saturated heterocycles. The number of carbonyl (C=O) groups is 2. The van der Waals surface area contributed by atoms with E-state index in [-0.39, 0.29) is 12.5 Å². The van der Waals surface area contributed by atoms with Crippen molar-refractivity contribution in [2.45, 2.75) is 13.8 Å². The van der Waals surface area contributed by atoms with Crippen LogP contribution in [0.3, 0.4) is 0 Å². The Kier molecular flexibility index (Phi) is 3.43.